The molecule has 3 aromatic heterocycles. The second kappa shape index (κ2) is 8.92. The van der Waals surface area contributed by atoms with Gasteiger partial charge in [0.2, 0.25) is 0 Å². The molecule has 37 heavy (non-hydrogen) atoms. The topological polar surface area (TPSA) is 102 Å². The molecule has 4 N–H and O–H groups in total. The second-order valence-corrected chi connectivity index (χ2v) is 10.2. The molecule has 1 aliphatic heterocycles. The van der Waals surface area contributed by atoms with E-state index in [9.17, 15) is 0 Å². The number of nitrogens with two attached hydrogens (primary N) is 2. The first kappa shape index (κ1) is 22.4. The fourth-order valence-corrected chi connectivity index (χ4v) is 5.81. The molecule has 0 unspecified atom stereocenters. The zero-order chi connectivity index (χ0) is 24.9. The van der Waals surface area contributed by atoms with Crippen molar-refractivity contribution in [2.24, 2.45) is 5.84 Å². The number of piperazine rings is 1. The van der Waals surface area contributed by atoms with Crippen LogP contribution in [0.4, 0.5) is 5.82 Å². The third-order valence-corrected chi connectivity index (χ3v) is 7.99. The van der Waals surface area contributed by atoms with E-state index >= 15 is 0 Å². The molecule has 4 heterocycles. The molecule has 2 fully saturated rings. The van der Waals surface area contributed by atoms with Crippen LogP contribution in [0.25, 0.3) is 38.9 Å². The van der Waals surface area contributed by atoms with E-state index < -0.39 is 0 Å². The minimum absolute atomic E-state index is 0.396. The summed E-state index contributed by atoms with van der Waals surface area (Å²) < 4.78 is 2.15. The summed E-state index contributed by atoms with van der Waals surface area (Å²) in [7, 11) is 0. The van der Waals surface area contributed by atoms with Gasteiger partial charge in [0.1, 0.15) is 22.9 Å². The summed E-state index contributed by atoms with van der Waals surface area (Å²) in [5.41, 5.74) is 12.2. The van der Waals surface area contributed by atoms with E-state index in [0.29, 0.717) is 17.8 Å². The van der Waals surface area contributed by atoms with Crippen molar-refractivity contribution in [1.82, 2.24) is 29.3 Å². The van der Waals surface area contributed by atoms with E-state index in [1.54, 1.807) is 6.20 Å². The first-order valence-corrected chi connectivity index (χ1v) is 13.0. The summed E-state index contributed by atoms with van der Waals surface area (Å²) in [5, 5.41) is 3.01. The van der Waals surface area contributed by atoms with E-state index in [4.69, 9.17) is 21.5 Å². The smallest absolute Gasteiger partial charge is 0.150 e. The van der Waals surface area contributed by atoms with Crippen molar-refractivity contribution in [3.05, 3.63) is 78.9 Å². The summed E-state index contributed by atoms with van der Waals surface area (Å²) in [6, 6.07) is 21.4. The minimum atomic E-state index is 0.396. The molecule has 2 aromatic carbocycles. The van der Waals surface area contributed by atoms with Crippen molar-refractivity contribution < 1.29 is 0 Å². The van der Waals surface area contributed by atoms with Gasteiger partial charge in [-0.25, -0.2) is 20.0 Å². The first-order chi connectivity index (χ1) is 18.1. The number of anilines is 1. The summed E-state index contributed by atoms with van der Waals surface area (Å²) in [6.45, 7) is 3.93. The maximum absolute atomic E-state index is 6.43. The van der Waals surface area contributed by atoms with E-state index in [-0.39, 0.29) is 0 Å². The summed E-state index contributed by atoms with van der Waals surface area (Å²) in [4.78, 5) is 17.1. The number of pyridine rings is 1. The Balaban J connectivity index is 1.24. The van der Waals surface area contributed by atoms with Crippen LogP contribution in [0.5, 0.6) is 0 Å². The monoisotopic (exact) mass is 490 g/mol. The molecular formula is C29H30N8. The number of hydrogen-bond donors (Lipinski definition) is 2. The van der Waals surface area contributed by atoms with Crippen molar-refractivity contribution in [1.29, 1.82) is 0 Å². The first-order valence-electron chi connectivity index (χ1n) is 13.0. The highest BCUT2D eigenvalue weighted by Gasteiger charge is 2.38. The number of aromatic nitrogens is 4. The largest absolute Gasteiger partial charge is 0.382 e. The van der Waals surface area contributed by atoms with E-state index in [0.717, 1.165) is 83.8 Å². The Bertz CT molecular complexity index is 1580. The van der Waals surface area contributed by atoms with Crippen LogP contribution >= 0.6 is 0 Å². The Kier molecular flexibility index (Phi) is 5.39. The quantitative estimate of drug-likeness (QED) is 0.368. The van der Waals surface area contributed by atoms with Crippen LogP contribution < -0.4 is 11.6 Å². The molecule has 7 rings (SSSR count). The molecule has 0 radical (unpaired) electrons. The van der Waals surface area contributed by atoms with Gasteiger partial charge in [0, 0.05) is 67.0 Å². The molecule has 8 nitrogen and oxygen atoms in total. The lowest BCUT2D eigenvalue weighted by molar-refractivity contribution is 0.0498. The number of rotatable bonds is 4. The molecule has 0 atom stereocenters. The van der Waals surface area contributed by atoms with Gasteiger partial charge < -0.3 is 5.73 Å². The fourth-order valence-electron chi connectivity index (χ4n) is 5.81. The number of hydrazine groups is 1. The van der Waals surface area contributed by atoms with Gasteiger partial charge in [0.15, 0.2) is 0 Å². The van der Waals surface area contributed by atoms with Crippen LogP contribution in [0.1, 0.15) is 24.6 Å². The number of nitrogens with zero attached hydrogens (tertiary/aromatic N) is 6. The number of fused-ring (bicyclic) bond motifs is 2. The highest BCUT2D eigenvalue weighted by Crippen LogP contribution is 2.42. The Labute approximate surface area is 215 Å². The van der Waals surface area contributed by atoms with Gasteiger partial charge in [-0.2, -0.15) is 0 Å². The third kappa shape index (κ3) is 3.94. The lowest BCUT2D eigenvalue weighted by atomic mass is 9.78. The summed E-state index contributed by atoms with van der Waals surface area (Å²) >= 11 is 0. The van der Waals surface area contributed by atoms with E-state index in [1.807, 2.05) is 29.4 Å². The van der Waals surface area contributed by atoms with Crippen molar-refractivity contribution in [2.75, 3.05) is 31.9 Å². The maximum atomic E-state index is 6.43. The number of imidazole rings is 1. The zero-order valence-corrected chi connectivity index (χ0v) is 20.7. The van der Waals surface area contributed by atoms with Gasteiger partial charge in [-0.15, -0.1) is 0 Å². The minimum Gasteiger partial charge on any atom is -0.382 e. The highest BCUT2D eigenvalue weighted by atomic mass is 15.4. The molecule has 0 amide bonds. The van der Waals surface area contributed by atoms with Crippen LogP contribution in [0, 0.1) is 0 Å². The fraction of sp³-hybridized carbons (Fsp3) is 0.276. The van der Waals surface area contributed by atoms with Crippen molar-refractivity contribution in [3.8, 4) is 22.5 Å². The molecule has 1 saturated carbocycles. The predicted molar refractivity (Wildman–Crippen MR) is 147 cm³/mol. The normalized spacial score (nSPS) is 20.9. The lowest BCUT2D eigenvalue weighted by Crippen LogP contribution is -2.55. The van der Waals surface area contributed by atoms with E-state index in [1.165, 1.54) is 0 Å². The van der Waals surface area contributed by atoms with Gasteiger partial charge in [0.05, 0.1) is 11.2 Å². The summed E-state index contributed by atoms with van der Waals surface area (Å²) in [6.07, 6.45) is 5.96. The predicted octanol–water partition coefficient (Wildman–Crippen LogP) is 3.93. The van der Waals surface area contributed by atoms with Crippen LogP contribution in [0.15, 0.2) is 73.1 Å². The van der Waals surface area contributed by atoms with Crippen LogP contribution in [0.3, 0.4) is 0 Å². The lowest BCUT2D eigenvalue weighted by Gasteiger charge is -2.45. The SMILES string of the molecule is Nc1nccn2c1c(-c1ccc3ccc(-c4ccccc4)nc3c1)nc2[C@H]1C[C@@H](N2CCN(N)CC2)C1. The van der Waals surface area contributed by atoms with Gasteiger partial charge in [-0.05, 0) is 25.0 Å². The molecule has 5 aromatic rings. The molecule has 8 heteroatoms. The van der Waals surface area contributed by atoms with Crippen molar-refractivity contribution in [3.63, 3.8) is 0 Å². The second-order valence-electron chi connectivity index (χ2n) is 10.2. The van der Waals surface area contributed by atoms with Crippen molar-refractivity contribution >= 4 is 22.2 Å². The van der Waals surface area contributed by atoms with Gasteiger partial charge in [-0.3, -0.25) is 15.1 Å². The summed E-state index contributed by atoms with van der Waals surface area (Å²) in [5.74, 6) is 7.91. The molecule has 186 valence electrons. The van der Waals surface area contributed by atoms with Crippen molar-refractivity contribution in [2.45, 2.75) is 24.8 Å². The molecule has 0 spiro atoms. The Morgan fingerprint density at radius 2 is 1.62 bits per heavy atom. The number of nitrogen functional groups attached to an aromatic ring is 1. The van der Waals surface area contributed by atoms with Crippen LogP contribution in [-0.2, 0) is 0 Å². The Morgan fingerprint density at radius 3 is 2.43 bits per heavy atom. The molecular weight excluding hydrogens is 460 g/mol. The average molecular weight is 491 g/mol. The molecule has 1 aliphatic carbocycles. The Morgan fingerprint density at radius 1 is 0.838 bits per heavy atom. The standard InChI is InChI=1S/C29H30N8/c30-28-27-26(21-7-6-20-8-9-24(33-25(20)18-21)19-4-2-1-3-5-19)34-29(37(27)11-10-32-28)22-16-23(17-22)35-12-14-36(31)15-13-35/h1-11,18,22-23H,12-17,31H2,(H2,30,32)/t22-,23+. The molecule has 0 bridgehead atoms. The zero-order valence-electron chi connectivity index (χ0n) is 20.7. The molecule has 2 aliphatic rings. The molecule has 1 saturated heterocycles. The number of benzene rings is 2. The van der Waals surface area contributed by atoms with Crippen LogP contribution in [0.2, 0.25) is 0 Å². The van der Waals surface area contributed by atoms with Gasteiger partial charge in [0.25, 0.3) is 0 Å². The maximum Gasteiger partial charge on any atom is 0.150 e. The highest BCUT2D eigenvalue weighted by molar-refractivity contribution is 5.91. The number of hydrogen-bond acceptors (Lipinski definition) is 7. The third-order valence-electron chi connectivity index (χ3n) is 7.99. The average Bonchev–Trinajstić information content (AvgIpc) is 3.29. The van der Waals surface area contributed by atoms with Gasteiger partial charge >= 0.3 is 0 Å². The Hall–Kier alpha value is -3.85. The van der Waals surface area contributed by atoms with E-state index in [2.05, 4.69) is 56.7 Å². The van der Waals surface area contributed by atoms with Gasteiger partial charge in [-0.1, -0.05) is 48.5 Å². The van der Waals surface area contributed by atoms with Crippen LogP contribution in [-0.4, -0.2) is 61.5 Å².